The van der Waals surface area contributed by atoms with E-state index in [4.69, 9.17) is 46.4 Å². The zero-order chi connectivity index (χ0) is 18.7. The number of nitrogens with one attached hydrogen (secondary N) is 1. The molecule has 2 aromatic carbocycles. The second-order valence-corrected chi connectivity index (χ2v) is 7.70. The van der Waals surface area contributed by atoms with E-state index in [1.54, 1.807) is 42.5 Å². The van der Waals surface area contributed by atoms with Crippen LogP contribution in [0.25, 0.3) is 17.3 Å². The average Bonchev–Trinajstić information content (AvgIpc) is 3.02. The molecular weight excluding hydrogens is 434 g/mol. The Hall–Kier alpha value is -1.56. The SMILES string of the molecule is O=C(/C=C/c1ccc(Cl)cc1Cl)Nc1nc(-c2ccc(Cl)cc2Cl)cs1. The highest BCUT2D eigenvalue weighted by Crippen LogP contribution is 2.32. The summed E-state index contributed by atoms with van der Waals surface area (Å²) in [5.74, 6) is -0.320. The van der Waals surface area contributed by atoms with Crippen molar-refractivity contribution in [2.24, 2.45) is 0 Å². The predicted octanol–water partition coefficient (Wildman–Crippen LogP) is 7.08. The van der Waals surface area contributed by atoms with Crippen molar-refractivity contribution in [2.75, 3.05) is 5.32 Å². The molecule has 3 aromatic rings. The summed E-state index contributed by atoms with van der Waals surface area (Å²) in [6.45, 7) is 0. The van der Waals surface area contributed by atoms with Gasteiger partial charge in [0.2, 0.25) is 5.91 Å². The summed E-state index contributed by atoms with van der Waals surface area (Å²) >= 11 is 25.3. The molecular formula is C18H10Cl4N2OS. The highest BCUT2D eigenvalue weighted by atomic mass is 35.5. The molecule has 0 spiro atoms. The molecule has 8 heteroatoms. The highest BCUT2D eigenvalue weighted by molar-refractivity contribution is 7.14. The van der Waals surface area contributed by atoms with E-state index in [2.05, 4.69) is 10.3 Å². The maximum Gasteiger partial charge on any atom is 0.250 e. The van der Waals surface area contributed by atoms with Crippen LogP contribution in [0.1, 0.15) is 5.56 Å². The summed E-state index contributed by atoms with van der Waals surface area (Å²) < 4.78 is 0. The normalized spacial score (nSPS) is 11.1. The van der Waals surface area contributed by atoms with Gasteiger partial charge in [-0.15, -0.1) is 11.3 Å². The molecule has 0 aliphatic rings. The second kappa shape index (κ2) is 8.42. The largest absolute Gasteiger partial charge is 0.298 e. The van der Waals surface area contributed by atoms with Crippen LogP contribution < -0.4 is 5.32 Å². The van der Waals surface area contributed by atoms with Crippen molar-refractivity contribution >= 4 is 74.9 Å². The van der Waals surface area contributed by atoms with Gasteiger partial charge in [-0.3, -0.25) is 10.1 Å². The Morgan fingerprint density at radius 2 is 1.69 bits per heavy atom. The zero-order valence-corrected chi connectivity index (χ0v) is 16.8. The maximum atomic E-state index is 12.1. The molecule has 3 rings (SSSR count). The predicted molar refractivity (Wildman–Crippen MR) is 112 cm³/mol. The first-order valence-electron chi connectivity index (χ1n) is 7.27. The van der Waals surface area contributed by atoms with Gasteiger partial charge in [0.05, 0.1) is 10.7 Å². The molecule has 132 valence electrons. The van der Waals surface area contributed by atoms with Crippen LogP contribution in [0.15, 0.2) is 47.9 Å². The number of carbonyl (C=O) groups excluding carboxylic acids is 1. The summed E-state index contributed by atoms with van der Waals surface area (Å²) in [6, 6.07) is 10.2. The number of aromatic nitrogens is 1. The van der Waals surface area contributed by atoms with E-state index in [9.17, 15) is 4.79 Å². The van der Waals surface area contributed by atoms with Gasteiger partial charge < -0.3 is 0 Å². The van der Waals surface area contributed by atoms with Gasteiger partial charge in [0.1, 0.15) is 0 Å². The van der Waals surface area contributed by atoms with Crippen LogP contribution in [0, 0.1) is 0 Å². The Kier molecular flexibility index (Phi) is 6.22. The lowest BCUT2D eigenvalue weighted by Gasteiger charge is -2.01. The molecule has 0 fully saturated rings. The van der Waals surface area contributed by atoms with Crippen LogP contribution in [0.4, 0.5) is 5.13 Å². The van der Waals surface area contributed by atoms with E-state index < -0.39 is 0 Å². The number of rotatable bonds is 4. The third-order valence-corrected chi connectivity index (χ3v) is 5.19. The minimum absolute atomic E-state index is 0.320. The highest BCUT2D eigenvalue weighted by Gasteiger charge is 2.10. The average molecular weight is 444 g/mol. The summed E-state index contributed by atoms with van der Waals surface area (Å²) in [7, 11) is 0. The van der Waals surface area contributed by atoms with Crippen LogP contribution in [0.2, 0.25) is 20.1 Å². The van der Waals surface area contributed by atoms with E-state index in [-0.39, 0.29) is 5.91 Å². The number of hydrogen-bond acceptors (Lipinski definition) is 3. The fourth-order valence-electron chi connectivity index (χ4n) is 2.10. The number of hydrogen-bond donors (Lipinski definition) is 1. The number of halogens is 4. The van der Waals surface area contributed by atoms with Gasteiger partial charge >= 0.3 is 0 Å². The van der Waals surface area contributed by atoms with Gasteiger partial charge in [0.25, 0.3) is 0 Å². The smallest absolute Gasteiger partial charge is 0.250 e. The van der Waals surface area contributed by atoms with Gasteiger partial charge in [-0.25, -0.2) is 4.98 Å². The lowest BCUT2D eigenvalue weighted by Crippen LogP contribution is -2.07. The van der Waals surface area contributed by atoms with Crippen LogP contribution in [-0.4, -0.2) is 10.9 Å². The maximum absolute atomic E-state index is 12.1. The monoisotopic (exact) mass is 442 g/mol. The van der Waals surface area contributed by atoms with Gasteiger partial charge in [-0.1, -0.05) is 52.5 Å². The Morgan fingerprint density at radius 3 is 2.38 bits per heavy atom. The van der Waals surface area contributed by atoms with Gasteiger partial charge in [0, 0.05) is 32.1 Å². The molecule has 0 aliphatic carbocycles. The van der Waals surface area contributed by atoms with E-state index in [0.29, 0.717) is 36.5 Å². The lowest BCUT2D eigenvalue weighted by atomic mass is 10.2. The first-order valence-corrected chi connectivity index (χ1v) is 9.66. The minimum Gasteiger partial charge on any atom is -0.298 e. The molecule has 0 atom stereocenters. The van der Waals surface area contributed by atoms with Gasteiger partial charge in [-0.2, -0.15) is 0 Å². The van der Waals surface area contributed by atoms with E-state index in [0.717, 1.165) is 5.56 Å². The number of amides is 1. The fourth-order valence-corrected chi connectivity index (χ4v) is 3.79. The number of carbonyl (C=O) groups is 1. The van der Waals surface area contributed by atoms with Crippen molar-refractivity contribution in [3.05, 3.63) is 73.5 Å². The van der Waals surface area contributed by atoms with Crippen molar-refractivity contribution in [1.82, 2.24) is 4.98 Å². The van der Waals surface area contributed by atoms with Crippen molar-refractivity contribution < 1.29 is 4.79 Å². The molecule has 1 N–H and O–H groups in total. The second-order valence-electron chi connectivity index (χ2n) is 5.15. The van der Waals surface area contributed by atoms with Crippen molar-refractivity contribution in [1.29, 1.82) is 0 Å². The summed E-state index contributed by atoms with van der Waals surface area (Å²) in [4.78, 5) is 16.5. The molecule has 0 radical (unpaired) electrons. The summed E-state index contributed by atoms with van der Waals surface area (Å²) in [5, 5.41) is 7.03. The molecule has 1 aromatic heterocycles. The fraction of sp³-hybridized carbons (Fsp3) is 0. The zero-order valence-electron chi connectivity index (χ0n) is 13.0. The lowest BCUT2D eigenvalue weighted by molar-refractivity contribution is -0.111. The standard InChI is InChI=1S/C18H10Cl4N2OS/c19-11-3-1-10(14(21)7-11)2-6-17(25)24-18-23-16(9-26-18)13-5-4-12(20)8-15(13)22/h1-9H,(H,23,24,25)/b6-2+. The topological polar surface area (TPSA) is 42.0 Å². The molecule has 0 bridgehead atoms. The molecule has 0 aliphatic heterocycles. The Labute approximate surface area is 174 Å². The third-order valence-electron chi connectivity index (χ3n) is 3.32. The number of benzene rings is 2. The van der Waals surface area contributed by atoms with Crippen molar-refractivity contribution in [2.45, 2.75) is 0 Å². The molecule has 3 nitrogen and oxygen atoms in total. The molecule has 0 saturated heterocycles. The number of nitrogens with zero attached hydrogens (tertiary/aromatic N) is 1. The minimum atomic E-state index is -0.320. The summed E-state index contributed by atoms with van der Waals surface area (Å²) in [6.07, 6.45) is 2.99. The van der Waals surface area contributed by atoms with E-state index in [1.165, 1.54) is 17.4 Å². The Balaban J connectivity index is 1.70. The van der Waals surface area contributed by atoms with Crippen molar-refractivity contribution in [3.63, 3.8) is 0 Å². The van der Waals surface area contributed by atoms with Crippen LogP contribution >= 0.6 is 57.7 Å². The quantitative estimate of drug-likeness (QED) is 0.437. The molecule has 0 saturated carbocycles. The first kappa shape index (κ1) is 19.2. The van der Waals surface area contributed by atoms with Crippen LogP contribution in [-0.2, 0) is 4.79 Å². The first-order chi connectivity index (χ1) is 12.4. The third kappa shape index (κ3) is 4.78. The number of anilines is 1. The van der Waals surface area contributed by atoms with Crippen molar-refractivity contribution in [3.8, 4) is 11.3 Å². The van der Waals surface area contributed by atoms with E-state index >= 15 is 0 Å². The molecule has 1 amide bonds. The Bertz CT molecular complexity index is 1000. The van der Waals surface area contributed by atoms with Crippen LogP contribution in [0.5, 0.6) is 0 Å². The number of thiazole rings is 1. The Morgan fingerprint density at radius 1 is 1.00 bits per heavy atom. The summed E-state index contributed by atoms with van der Waals surface area (Å²) in [5.41, 5.74) is 2.10. The van der Waals surface area contributed by atoms with Crippen LogP contribution in [0.3, 0.4) is 0 Å². The molecule has 26 heavy (non-hydrogen) atoms. The molecule has 0 unspecified atom stereocenters. The van der Waals surface area contributed by atoms with Gasteiger partial charge in [0.15, 0.2) is 5.13 Å². The van der Waals surface area contributed by atoms with Gasteiger partial charge in [-0.05, 0) is 42.0 Å². The van der Waals surface area contributed by atoms with E-state index in [1.807, 2.05) is 5.38 Å². The molecule has 1 heterocycles.